The Morgan fingerprint density at radius 3 is 2.83 bits per heavy atom. The summed E-state index contributed by atoms with van der Waals surface area (Å²) < 4.78 is 1.50. The van der Waals surface area contributed by atoms with Crippen LogP contribution in [0, 0.1) is 6.92 Å². The molecule has 4 rings (SSSR count). The Morgan fingerprint density at radius 2 is 2.04 bits per heavy atom. The Bertz CT molecular complexity index is 879. The fourth-order valence-electron chi connectivity index (χ4n) is 3.71. The summed E-state index contributed by atoms with van der Waals surface area (Å²) in [6, 6.07) is 0.326. The fourth-order valence-corrected chi connectivity index (χ4v) is 3.91. The van der Waals surface area contributed by atoms with Crippen molar-refractivity contribution >= 4 is 34.1 Å². The molecule has 0 radical (unpaired) electrons. The van der Waals surface area contributed by atoms with Crippen LogP contribution in [0.15, 0.2) is 4.79 Å². The number of nitrogens with one attached hydrogen (secondary N) is 1. The quantitative estimate of drug-likeness (QED) is 0.772. The van der Waals surface area contributed by atoms with E-state index in [0.29, 0.717) is 28.2 Å². The first kappa shape index (κ1) is 15.7. The first-order valence-corrected chi connectivity index (χ1v) is 8.61. The number of nitrogens with zero attached hydrogens (tertiary/aromatic N) is 5. The molecule has 1 fully saturated rings. The predicted octanol–water partition coefficient (Wildman–Crippen LogP) is 1.23. The van der Waals surface area contributed by atoms with Crippen LogP contribution in [0.25, 0.3) is 11.0 Å². The highest BCUT2D eigenvalue weighted by Gasteiger charge is 2.31. The number of fused-ring (bicyclic) bond motifs is 2. The maximum Gasteiger partial charge on any atom is 0.350 e. The molecule has 1 saturated heterocycles. The summed E-state index contributed by atoms with van der Waals surface area (Å²) in [5.74, 6) is 0.711. The maximum absolute atomic E-state index is 12.4. The second-order valence-corrected chi connectivity index (χ2v) is 7.06. The van der Waals surface area contributed by atoms with Gasteiger partial charge < -0.3 is 15.1 Å². The Kier molecular flexibility index (Phi) is 3.65. The molecule has 1 atom stereocenters. The molecule has 0 aromatic carbocycles. The van der Waals surface area contributed by atoms with Crippen molar-refractivity contribution in [2.75, 3.05) is 43.4 Å². The van der Waals surface area contributed by atoms with Crippen LogP contribution in [0.1, 0.15) is 12.1 Å². The van der Waals surface area contributed by atoms with Crippen molar-refractivity contribution in [3.05, 3.63) is 21.2 Å². The molecule has 8 heteroatoms. The first-order chi connectivity index (χ1) is 11.5. The van der Waals surface area contributed by atoms with Gasteiger partial charge in [0, 0.05) is 39.3 Å². The van der Waals surface area contributed by atoms with Crippen LogP contribution in [-0.4, -0.2) is 58.7 Å². The summed E-state index contributed by atoms with van der Waals surface area (Å²) in [5.41, 5.74) is 1.91. The lowest BCUT2D eigenvalue weighted by atomic mass is 10.1. The van der Waals surface area contributed by atoms with Crippen LogP contribution in [0.2, 0.25) is 5.02 Å². The molecule has 4 heterocycles. The molecular weight excluding hydrogens is 328 g/mol. The van der Waals surface area contributed by atoms with E-state index in [1.54, 1.807) is 7.05 Å². The fraction of sp³-hybridized carbons (Fsp3) is 0.562. The Balaban J connectivity index is 2.06. The summed E-state index contributed by atoms with van der Waals surface area (Å²) in [7, 11) is 3.84. The zero-order valence-electron chi connectivity index (χ0n) is 14.1. The van der Waals surface area contributed by atoms with E-state index < -0.39 is 0 Å². The molecule has 0 aliphatic carbocycles. The number of hydrogen-bond donors (Lipinski definition) is 1. The van der Waals surface area contributed by atoms with E-state index in [4.69, 9.17) is 11.6 Å². The molecule has 2 aromatic heterocycles. The van der Waals surface area contributed by atoms with E-state index in [-0.39, 0.29) is 5.69 Å². The number of hydrogen-bond acceptors (Lipinski definition) is 6. The van der Waals surface area contributed by atoms with Crippen molar-refractivity contribution in [3.8, 4) is 0 Å². The van der Waals surface area contributed by atoms with Crippen LogP contribution in [0.4, 0.5) is 11.5 Å². The van der Waals surface area contributed by atoms with Gasteiger partial charge in [0.2, 0.25) is 0 Å². The van der Waals surface area contributed by atoms with Crippen LogP contribution < -0.4 is 15.9 Å². The predicted molar refractivity (Wildman–Crippen MR) is 96.3 cm³/mol. The van der Waals surface area contributed by atoms with E-state index in [1.807, 2.05) is 6.92 Å². The average molecular weight is 349 g/mol. The van der Waals surface area contributed by atoms with Crippen LogP contribution in [0.3, 0.4) is 0 Å². The molecule has 1 unspecified atom stereocenters. The molecule has 0 spiro atoms. The molecule has 7 nitrogen and oxygen atoms in total. The van der Waals surface area contributed by atoms with E-state index in [1.165, 1.54) is 4.57 Å². The number of halogens is 1. The minimum Gasteiger partial charge on any atom is -0.383 e. The molecule has 0 amide bonds. The standard InChI is InChI=1S/C16H21ClN6O/c1-9-12(17)13-11-14(19-9)22(3)16(24)20-15(11)23-7-6-21(2)8-10(23)4-5-18-13/h10,18H,4-8H2,1-3H3. The highest BCUT2D eigenvalue weighted by atomic mass is 35.5. The van der Waals surface area contributed by atoms with Crippen molar-refractivity contribution < 1.29 is 0 Å². The van der Waals surface area contributed by atoms with Gasteiger partial charge in [-0.05, 0) is 20.4 Å². The number of likely N-dealkylation sites (N-methyl/N-ethyl adjacent to an activating group) is 1. The number of anilines is 2. The smallest absolute Gasteiger partial charge is 0.350 e. The maximum atomic E-state index is 12.4. The van der Waals surface area contributed by atoms with Gasteiger partial charge in [-0.2, -0.15) is 4.98 Å². The van der Waals surface area contributed by atoms with Crippen molar-refractivity contribution in [1.82, 2.24) is 19.4 Å². The topological polar surface area (TPSA) is 66.3 Å². The van der Waals surface area contributed by atoms with Gasteiger partial charge in [0.25, 0.3) is 0 Å². The monoisotopic (exact) mass is 348 g/mol. The molecule has 24 heavy (non-hydrogen) atoms. The van der Waals surface area contributed by atoms with E-state index in [2.05, 4.69) is 32.1 Å². The lowest BCUT2D eigenvalue weighted by Gasteiger charge is -2.42. The van der Waals surface area contributed by atoms with Gasteiger partial charge in [-0.25, -0.2) is 9.78 Å². The summed E-state index contributed by atoms with van der Waals surface area (Å²) in [4.78, 5) is 26.0. The third-order valence-corrected chi connectivity index (χ3v) is 5.51. The van der Waals surface area contributed by atoms with Gasteiger partial charge in [0.15, 0.2) is 0 Å². The minimum absolute atomic E-state index is 0.282. The molecule has 0 saturated carbocycles. The third kappa shape index (κ3) is 2.26. The molecule has 2 aliphatic rings. The number of aryl methyl sites for hydroxylation is 2. The van der Waals surface area contributed by atoms with E-state index in [0.717, 1.165) is 43.7 Å². The van der Waals surface area contributed by atoms with Gasteiger partial charge in [-0.3, -0.25) is 4.57 Å². The largest absolute Gasteiger partial charge is 0.383 e. The van der Waals surface area contributed by atoms with Crippen molar-refractivity contribution in [1.29, 1.82) is 0 Å². The van der Waals surface area contributed by atoms with Gasteiger partial charge in [-0.15, -0.1) is 0 Å². The average Bonchev–Trinajstić information content (AvgIpc) is 2.53. The van der Waals surface area contributed by atoms with Crippen LogP contribution in [-0.2, 0) is 7.05 Å². The third-order valence-electron chi connectivity index (χ3n) is 5.05. The lowest BCUT2D eigenvalue weighted by molar-refractivity contribution is 0.261. The summed E-state index contributed by atoms with van der Waals surface area (Å²) in [5, 5.41) is 4.92. The number of piperazine rings is 1. The zero-order chi connectivity index (χ0) is 17.0. The van der Waals surface area contributed by atoms with E-state index in [9.17, 15) is 4.79 Å². The second kappa shape index (κ2) is 5.60. The molecule has 0 bridgehead atoms. The van der Waals surface area contributed by atoms with Crippen LogP contribution >= 0.6 is 11.6 Å². The van der Waals surface area contributed by atoms with Gasteiger partial charge in [0.1, 0.15) is 11.5 Å². The van der Waals surface area contributed by atoms with Crippen molar-refractivity contribution in [2.24, 2.45) is 7.05 Å². The Labute approximate surface area is 145 Å². The number of aromatic nitrogens is 3. The molecule has 1 N–H and O–H groups in total. The summed E-state index contributed by atoms with van der Waals surface area (Å²) in [6.07, 6.45) is 0.972. The normalized spacial score (nSPS) is 21.2. The zero-order valence-corrected chi connectivity index (χ0v) is 14.9. The molecule has 2 aromatic rings. The van der Waals surface area contributed by atoms with Crippen molar-refractivity contribution in [2.45, 2.75) is 19.4 Å². The highest BCUT2D eigenvalue weighted by molar-refractivity contribution is 6.35. The van der Waals surface area contributed by atoms with Crippen molar-refractivity contribution in [3.63, 3.8) is 0 Å². The SMILES string of the molecule is Cc1nc2c3c(nc(=O)n2C)N2CCN(C)CC2CCNc3c1Cl. The number of rotatable bonds is 0. The molecular formula is C16H21ClN6O. The highest BCUT2D eigenvalue weighted by Crippen LogP contribution is 2.38. The molecule has 128 valence electrons. The lowest BCUT2D eigenvalue weighted by Crippen LogP contribution is -2.53. The van der Waals surface area contributed by atoms with Gasteiger partial charge >= 0.3 is 5.69 Å². The van der Waals surface area contributed by atoms with Gasteiger partial charge in [0.05, 0.1) is 21.8 Å². The Morgan fingerprint density at radius 1 is 1.25 bits per heavy atom. The first-order valence-electron chi connectivity index (χ1n) is 8.23. The van der Waals surface area contributed by atoms with Crippen LogP contribution in [0.5, 0.6) is 0 Å². The summed E-state index contributed by atoms with van der Waals surface area (Å²) >= 11 is 6.53. The van der Waals surface area contributed by atoms with E-state index >= 15 is 0 Å². The second-order valence-electron chi connectivity index (χ2n) is 6.69. The summed E-state index contributed by atoms with van der Waals surface area (Å²) in [6.45, 7) is 5.45. The Hall–Kier alpha value is -1.86. The van der Waals surface area contributed by atoms with Gasteiger partial charge in [-0.1, -0.05) is 11.6 Å². The number of pyridine rings is 1. The minimum atomic E-state index is -0.282. The molecule has 2 aliphatic heterocycles.